The number of aryl methyl sites for hydroxylation is 2. The van der Waals surface area contributed by atoms with Gasteiger partial charge in [0, 0.05) is 44.9 Å². The normalized spacial score (nSPS) is 14.6. The summed E-state index contributed by atoms with van der Waals surface area (Å²) in [6.07, 6.45) is 5.45. The van der Waals surface area contributed by atoms with E-state index in [4.69, 9.17) is 34.4 Å². The molecule has 6 unspecified atom stereocenters. The molecule has 5 aromatic rings. The van der Waals surface area contributed by atoms with E-state index in [1.807, 2.05) is 109 Å². The number of benzene rings is 4. The molecule has 23 heteroatoms. The minimum absolute atomic E-state index is 0.00763. The lowest BCUT2D eigenvalue weighted by Gasteiger charge is -2.31. The second-order valence-corrected chi connectivity index (χ2v) is 20.2. The molecule has 434 valence electrons. The zero-order valence-corrected chi connectivity index (χ0v) is 45.8. The Morgan fingerprint density at radius 2 is 1.16 bits per heavy atom. The van der Waals surface area contributed by atoms with Gasteiger partial charge in [0.05, 0.1) is 6.42 Å². The Hall–Kier alpha value is -9.41. The number of amides is 8. The van der Waals surface area contributed by atoms with Crippen LogP contribution in [0.3, 0.4) is 0 Å². The number of aromatic nitrogens is 1. The van der Waals surface area contributed by atoms with Crippen LogP contribution in [0.2, 0.25) is 0 Å². The minimum atomic E-state index is -1.48. The fourth-order valence-electron chi connectivity index (χ4n) is 9.69. The van der Waals surface area contributed by atoms with E-state index in [0.717, 1.165) is 33.0 Å². The monoisotopic (exact) mass is 1120 g/mol. The van der Waals surface area contributed by atoms with Crippen molar-refractivity contribution in [3.63, 3.8) is 0 Å². The summed E-state index contributed by atoms with van der Waals surface area (Å²) >= 11 is 0. The average molecular weight is 1120 g/mol. The molecule has 0 saturated carbocycles. The van der Waals surface area contributed by atoms with Crippen molar-refractivity contribution in [3.05, 3.63) is 138 Å². The Morgan fingerprint density at radius 3 is 1.80 bits per heavy atom. The van der Waals surface area contributed by atoms with Crippen molar-refractivity contribution in [2.45, 2.75) is 120 Å². The number of nitrogens with one attached hydrogen (secondary N) is 5. The van der Waals surface area contributed by atoms with E-state index in [0.29, 0.717) is 31.2 Å². The molecule has 1 saturated heterocycles. The quantitative estimate of drug-likeness (QED) is 0.0168. The van der Waals surface area contributed by atoms with Gasteiger partial charge in [0.1, 0.15) is 36.3 Å². The number of aliphatic imine (C=N–C) groups is 2. The van der Waals surface area contributed by atoms with Crippen molar-refractivity contribution in [1.29, 1.82) is 0 Å². The molecule has 0 bridgehead atoms. The number of carbonyl (C=O) groups excluding carboxylic acids is 8. The second-order valence-electron chi connectivity index (χ2n) is 20.2. The number of carbonyl (C=O) groups is 8. The molecule has 6 atom stereocenters. The van der Waals surface area contributed by atoms with Crippen LogP contribution in [0.5, 0.6) is 0 Å². The van der Waals surface area contributed by atoms with E-state index < -0.39 is 84.0 Å². The second kappa shape index (κ2) is 31.4. The molecule has 17 N–H and O–H groups in total. The molecule has 1 aliphatic rings. The van der Waals surface area contributed by atoms with Gasteiger partial charge in [-0.25, -0.2) is 0 Å². The smallest absolute Gasteiger partial charge is 0.245 e. The van der Waals surface area contributed by atoms with Crippen LogP contribution in [0.4, 0.5) is 0 Å². The molecule has 8 amide bonds. The van der Waals surface area contributed by atoms with E-state index in [1.165, 1.54) is 4.90 Å². The summed E-state index contributed by atoms with van der Waals surface area (Å²) < 4.78 is 0. The molecule has 82 heavy (non-hydrogen) atoms. The minimum Gasteiger partial charge on any atom is -0.370 e. The number of hydrogen-bond acceptors (Lipinski definition) is 11. The van der Waals surface area contributed by atoms with Crippen molar-refractivity contribution >= 4 is 69.9 Å². The van der Waals surface area contributed by atoms with Gasteiger partial charge >= 0.3 is 0 Å². The number of rotatable bonds is 31. The summed E-state index contributed by atoms with van der Waals surface area (Å²) in [4.78, 5) is 124. The number of fused-ring (bicyclic) bond motifs is 1. The van der Waals surface area contributed by atoms with Gasteiger partial charge in [0.15, 0.2) is 11.9 Å². The highest BCUT2D eigenvalue weighted by Gasteiger charge is 2.40. The molecule has 1 aliphatic heterocycles. The lowest BCUT2D eigenvalue weighted by atomic mass is 9.98. The fourth-order valence-corrected chi connectivity index (χ4v) is 9.69. The maximum absolute atomic E-state index is 15.0. The number of nitrogens with two attached hydrogens (primary N) is 6. The molecule has 1 fully saturated rings. The first-order chi connectivity index (χ1) is 39.4. The van der Waals surface area contributed by atoms with Crippen molar-refractivity contribution in [1.82, 2.24) is 36.5 Å². The van der Waals surface area contributed by atoms with E-state index in [-0.39, 0.29) is 88.8 Å². The molecule has 23 nitrogen and oxygen atoms in total. The van der Waals surface area contributed by atoms with Crippen LogP contribution in [-0.4, -0.2) is 125 Å². The van der Waals surface area contributed by atoms with Gasteiger partial charge < -0.3 is 65.9 Å². The highest BCUT2D eigenvalue weighted by atomic mass is 16.2. The molecule has 4 aromatic carbocycles. The highest BCUT2D eigenvalue weighted by Crippen LogP contribution is 2.23. The Bertz CT molecular complexity index is 3040. The lowest BCUT2D eigenvalue weighted by molar-refractivity contribution is -0.142. The van der Waals surface area contributed by atoms with Gasteiger partial charge in [0.25, 0.3) is 0 Å². The van der Waals surface area contributed by atoms with E-state index in [2.05, 4.69) is 41.6 Å². The van der Waals surface area contributed by atoms with Crippen LogP contribution in [0.1, 0.15) is 80.9 Å². The number of nitrogens with zero attached hydrogens (tertiary/aromatic N) is 4. The van der Waals surface area contributed by atoms with Crippen LogP contribution in [-0.2, 0) is 57.6 Å². The first-order valence-electron chi connectivity index (χ1n) is 27.4. The Labute approximate surface area is 476 Å². The maximum Gasteiger partial charge on any atom is 0.245 e. The summed E-state index contributed by atoms with van der Waals surface area (Å²) in [7, 11) is 0. The van der Waals surface area contributed by atoms with Crippen LogP contribution in [0.15, 0.2) is 132 Å². The largest absolute Gasteiger partial charge is 0.370 e. The molecule has 0 aliphatic carbocycles. The number of primary amides is 2. The Kier molecular flexibility index (Phi) is 23.7. The summed E-state index contributed by atoms with van der Waals surface area (Å²) in [5.41, 5.74) is 37.5. The molecule has 2 heterocycles. The number of hydrogen-bond donors (Lipinski definition) is 11. The zero-order valence-electron chi connectivity index (χ0n) is 45.8. The fraction of sp³-hybridized carbons (Fsp3) is 0.373. The summed E-state index contributed by atoms with van der Waals surface area (Å²) in [5, 5.41) is 15.9. The molecule has 6 rings (SSSR count). The van der Waals surface area contributed by atoms with Gasteiger partial charge in [0.2, 0.25) is 47.3 Å². The van der Waals surface area contributed by atoms with Crippen LogP contribution < -0.4 is 61.0 Å². The number of guanidine groups is 2. The van der Waals surface area contributed by atoms with Crippen LogP contribution in [0, 0.1) is 0 Å². The van der Waals surface area contributed by atoms with Gasteiger partial charge in [-0.1, -0.05) is 103 Å². The predicted molar refractivity (Wildman–Crippen MR) is 312 cm³/mol. The number of likely N-dealkylation sites (tertiary alicyclic amines) is 1. The van der Waals surface area contributed by atoms with E-state index in [9.17, 15) is 33.6 Å². The molecule has 1 aromatic heterocycles. The van der Waals surface area contributed by atoms with Gasteiger partial charge in [-0.15, -0.1) is 0 Å². The van der Waals surface area contributed by atoms with Crippen LogP contribution in [0.25, 0.3) is 21.9 Å². The Morgan fingerprint density at radius 1 is 0.561 bits per heavy atom. The maximum atomic E-state index is 15.0. The van der Waals surface area contributed by atoms with Crippen molar-refractivity contribution in [3.8, 4) is 11.1 Å². The highest BCUT2D eigenvalue weighted by molar-refractivity contribution is 5.98. The lowest BCUT2D eigenvalue weighted by Crippen LogP contribution is -2.59. The van der Waals surface area contributed by atoms with Gasteiger partial charge in [-0.05, 0) is 109 Å². The summed E-state index contributed by atoms with van der Waals surface area (Å²) in [6, 6.07) is 27.3. The molecular formula is C59H75N15O8. The third-order valence-corrected chi connectivity index (χ3v) is 14.0. The topological polar surface area (TPSA) is 394 Å². The first-order valence-corrected chi connectivity index (χ1v) is 27.4. The van der Waals surface area contributed by atoms with E-state index in [1.54, 1.807) is 12.4 Å². The molecule has 0 radical (unpaired) electrons. The van der Waals surface area contributed by atoms with Crippen LogP contribution >= 0.6 is 0 Å². The summed E-state index contributed by atoms with van der Waals surface area (Å²) in [5.74, 6) is -6.25. The van der Waals surface area contributed by atoms with Crippen molar-refractivity contribution in [2.24, 2.45) is 44.4 Å². The van der Waals surface area contributed by atoms with Gasteiger partial charge in [-0.3, -0.25) is 53.3 Å². The molecular weight excluding hydrogens is 1050 g/mol. The van der Waals surface area contributed by atoms with E-state index >= 15 is 4.79 Å². The van der Waals surface area contributed by atoms with Gasteiger partial charge in [-0.2, -0.15) is 0 Å². The summed E-state index contributed by atoms with van der Waals surface area (Å²) in [6.45, 7) is 0.251. The van der Waals surface area contributed by atoms with Crippen molar-refractivity contribution in [2.75, 3.05) is 19.6 Å². The van der Waals surface area contributed by atoms with Crippen molar-refractivity contribution < 1.29 is 38.4 Å². The molecule has 0 spiro atoms. The number of pyridine rings is 1. The third-order valence-electron chi connectivity index (χ3n) is 14.0. The zero-order chi connectivity index (χ0) is 59.0. The standard InChI is InChI=1S/C59H75N15O8/c60-50(75)35-47(52(61)77)72-53(78)44(17-8-30-67-58(62)63)70-56(81)49-19-10-32-74(49)57(82)46(18-9-31-68-59(64)65)71-55(80)48(34-38-22-26-42(27-23-38)40-13-2-1-3-14-40)73-54(79)45(69-51(76)20-6-11-39-12-7-29-66-36-39)28-24-37-21-25-41-15-4-5-16-43(41)33-37/h1-5,7,12-16,21-23,25-27,29,33,36,44-49H,6,8-11,17-20,24,28,30-32,34-35H2,(H2,60,75)(H2,61,77)(H,69,76)(H,70,81)(H,71,80)(H,72,78)(H,73,79)(H4,62,63,67)(H4,64,65,68). The predicted octanol–water partition coefficient (Wildman–Crippen LogP) is 0.983. The SMILES string of the molecule is NC(=O)CC(NC(=O)C(CCCN=C(N)N)NC(=O)C1CCCN1C(=O)C(CCCN=C(N)N)NC(=O)C(Cc1ccc(-c2ccccc2)cc1)NC(=O)C(CCc1ccc2ccccc2c1)NC(=O)CCCc1cccnc1)C(N)=O. The first kappa shape index (κ1) is 61.8. The third kappa shape index (κ3) is 19.7. The average Bonchev–Trinajstić information content (AvgIpc) is 3.98. The Balaban J connectivity index is 1.27.